The van der Waals surface area contributed by atoms with Crippen molar-refractivity contribution in [1.29, 1.82) is 0 Å². The summed E-state index contributed by atoms with van der Waals surface area (Å²) in [6.45, 7) is 4.27. The van der Waals surface area contributed by atoms with Gasteiger partial charge in [-0.15, -0.1) is 0 Å². The van der Waals surface area contributed by atoms with E-state index in [0.29, 0.717) is 19.4 Å². The second-order valence-corrected chi connectivity index (χ2v) is 21.4. The molecule has 11 heteroatoms. The number of allylic oxidation sites excluding steroid dienone is 9. The summed E-state index contributed by atoms with van der Waals surface area (Å²) in [5, 5.41) is 54.3. The van der Waals surface area contributed by atoms with Gasteiger partial charge < -0.3 is 45.1 Å². The van der Waals surface area contributed by atoms with E-state index in [1.54, 1.807) is 6.08 Å². The van der Waals surface area contributed by atoms with Crippen LogP contribution in [0.4, 0.5) is 0 Å². The van der Waals surface area contributed by atoms with E-state index in [2.05, 4.69) is 67.8 Å². The smallest absolute Gasteiger partial charge is 0.305 e. The molecule has 0 saturated carbocycles. The monoisotopic (exact) mass is 1060 g/mol. The molecule has 0 radical (unpaired) electrons. The molecule has 1 fully saturated rings. The average Bonchev–Trinajstić information content (AvgIpc) is 3.41. The van der Waals surface area contributed by atoms with Gasteiger partial charge in [-0.3, -0.25) is 9.59 Å². The van der Waals surface area contributed by atoms with Crippen molar-refractivity contribution in [3.8, 4) is 0 Å². The van der Waals surface area contributed by atoms with E-state index in [1.165, 1.54) is 141 Å². The number of hydrogen-bond donors (Lipinski definition) is 6. The standard InChI is InChI=1S/C64H115NO10/c1-3-5-7-9-11-13-15-27-31-34-38-42-46-50-57(67)56(55-74-64-63(72)62(71)61(70)58(54-66)75-64)65-59(68)51-47-43-39-35-32-28-25-23-21-19-17-16-18-20-22-24-26-29-33-37-41-45-49-53-73-60(69)52-48-44-40-36-30-14-12-10-8-6-4-2/h11,13,16,18-19,21,31,34,46,50,56-58,61-64,66-67,70-72H,3-10,12,14-15,17,20,22-30,32-33,35-45,47-49,51-55H2,1-2H3,(H,65,68)/b13-11+,18-16-,21-19-,34-31+,50-46+. The van der Waals surface area contributed by atoms with Crippen molar-refractivity contribution < 1.29 is 49.3 Å². The largest absolute Gasteiger partial charge is 0.466 e. The summed E-state index contributed by atoms with van der Waals surface area (Å²) in [5.74, 6) is -0.215. The highest BCUT2D eigenvalue weighted by atomic mass is 16.7. The van der Waals surface area contributed by atoms with Crippen LogP contribution in [0.15, 0.2) is 60.8 Å². The molecule has 1 aliphatic heterocycles. The lowest BCUT2D eigenvalue weighted by Crippen LogP contribution is -2.60. The van der Waals surface area contributed by atoms with Gasteiger partial charge in [0.2, 0.25) is 5.91 Å². The summed E-state index contributed by atoms with van der Waals surface area (Å²) >= 11 is 0. The first-order valence-corrected chi connectivity index (χ1v) is 31.1. The Bertz CT molecular complexity index is 1430. The molecule has 436 valence electrons. The minimum absolute atomic E-state index is 0.00641. The molecule has 0 spiro atoms. The van der Waals surface area contributed by atoms with Gasteiger partial charge in [-0.1, -0.05) is 229 Å². The van der Waals surface area contributed by atoms with Crippen LogP contribution < -0.4 is 5.32 Å². The number of aliphatic hydroxyl groups excluding tert-OH is 5. The topological polar surface area (TPSA) is 175 Å². The number of carbonyl (C=O) groups is 2. The van der Waals surface area contributed by atoms with E-state index in [9.17, 15) is 35.1 Å². The van der Waals surface area contributed by atoms with Gasteiger partial charge in [0.05, 0.1) is 32.0 Å². The number of aliphatic hydroxyl groups is 5. The van der Waals surface area contributed by atoms with E-state index >= 15 is 0 Å². The molecule has 1 saturated heterocycles. The van der Waals surface area contributed by atoms with Gasteiger partial charge in [0.15, 0.2) is 6.29 Å². The highest BCUT2D eigenvalue weighted by molar-refractivity contribution is 5.76. The van der Waals surface area contributed by atoms with Crippen molar-refractivity contribution in [2.24, 2.45) is 0 Å². The zero-order chi connectivity index (χ0) is 54.5. The molecule has 7 unspecified atom stereocenters. The van der Waals surface area contributed by atoms with Crippen LogP contribution in [-0.4, -0.2) is 100 Å². The summed E-state index contributed by atoms with van der Waals surface area (Å²) in [5.41, 5.74) is 0. The predicted molar refractivity (Wildman–Crippen MR) is 310 cm³/mol. The Balaban J connectivity index is 2.10. The van der Waals surface area contributed by atoms with Crippen LogP contribution in [0.1, 0.15) is 271 Å². The van der Waals surface area contributed by atoms with Gasteiger partial charge in [0, 0.05) is 12.8 Å². The maximum atomic E-state index is 13.0. The molecule has 11 nitrogen and oxygen atoms in total. The number of amides is 1. The molecule has 1 amide bonds. The highest BCUT2D eigenvalue weighted by Crippen LogP contribution is 2.23. The lowest BCUT2D eigenvalue weighted by molar-refractivity contribution is -0.302. The number of hydrogen-bond acceptors (Lipinski definition) is 10. The number of rotatable bonds is 53. The molecule has 0 aromatic rings. The zero-order valence-corrected chi connectivity index (χ0v) is 48.0. The Hall–Kier alpha value is -2.64. The van der Waals surface area contributed by atoms with Crippen LogP contribution in [0.5, 0.6) is 0 Å². The van der Waals surface area contributed by atoms with Gasteiger partial charge in [0.25, 0.3) is 0 Å². The van der Waals surface area contributed by atoms with Crippen molar-refractivity contribution in [3.63, 3.8) is 0 Å². The third-order valence-electron chi connectivity index (χ3n) is 14.3. The maximum Gasteiger partial charge on any atom is 0.305 e. The van der Waals surface area contributed by atoms with Crippen LogP contribution >= 0.6 is 0 Å². The summed E-state index contributed by atoms with van der Waals surface area (Å²) in [6.07, 6.45) is 58.9. The Labute approximate surface area is 458 Å². The zero-order valence-electron chi connectivity index (χ0n) is 48.0. The van der Waals surface area contributed by atoms with Gasteiger partial charge in [-0.2, -0.15) is 0 Å². The van der Waals surface area contributed by atoms with Crippen LogP contribution in [0.3, 0.4) is 0 Å². The molecule has 0 aliphatic carbocycles. The Morgan fingerprint density at radius 3 is 1.43 bits per heavy atom. The van der Waals surface area contributed by atoms with Crippen LogP contribution in [0.25, 0.3) is 0 Å². The van der Waals surface area contributed by atoms with E-state index in [1.807, 2.05) is 6.08 Å². The second kappa shape index (κ2) is 53.4. The summed E-state index contributed by atoms with van der Waals surface area (Å²) in [6, 6.07) is -0.843. The van der Waals surface area contributed by atoms with Crippen LogP contribution in [0.2, 0.25) is 0 Å². The van der Waals surface area contributed by atoms with Gasteiger partial charge in [-0.25, -0.2) is 0 Å². The van der Waals surface area contributed by atoms with Crippen molar-refractivity contribution in [3.05, 3.63) is 60.8 Å². The number of ether oxygens (including phenoxy) is 3. The number of carbonyl (C=O) groups excluding carboxylic acids is 2. The Kier molecular flexibility index (Phi) is 50.1. The molecule has 6 N–H and O–H groups in total. The van der Waals surface area contributed by atoms with Crippen molar-refractivity contribution in [2.45, 2.75) is 314 Å². The van der Waals surface area contributed by atoms with E-state index in [-0.39, 0.29) is 18.5 Å². The van der Waals surface area contributed by atoms with E-state index < -0.39 is 49.5 Å². The van der Waals surface area contributed by atoms with E-state index in [0.717, 1.165) is 103 Å². The van der Waals surface area contributed by atoms with Crippen molar-refractivity contribution in [1.82, 2.24) is 5.32 Å². The number of unbranched alkanes of at least 4 members (excludes halogenated alkanes) is 31. The molecule has 0 aromatic carbocycles. The quantitative estimate of drug-likeness (QED) is 0.0195. The van der Waals surface area contributed by atoms with Crippen LogP contribution in [0, 0.1) is 0 Å². The molecular formula is C64H115NO10. The summed E-state index contributed by atoms with van der Waals surface area (Å²) < 4.78 is 16.7. The molecule has 1 aliphatic rings. The molecule has 1 rings (SSSR count). The normalized spacial score (nSPS) is 19.2. The second-order valence-electron chi connectivity index (χ2n) is 21.4. The molecule has 7 atom stereocenters. The lowest BCUT2D eigenvalue weighted by Gasteiger charge is -2.40. The summed E-state index contributed by atoms with van der Waals surface area (Å²) in [4.78, 5) is 25.0. The first kappa shape index (κ1) is 70.4. The minimum Gasteiger partial charge on any atom is -0.466 e. The Morgan fingerprint density at radius 1 is 0.493 bits per heavy atom. The average molecular weight is 1060 g/mol. The third kappa shape index (κ3) is 43.0. The fourth-order valence-electron chi connectivity index (χ4n) is 9.38. The lowest BCUT2D eigenvalue weighted by atomic mass is 9.99. The maximum absolute atomic E-state index is 13.0. The van der Waals surface area contributed by atoms with Crippen LogP contribution in [-0.2, 0) is 23.8 Å². The summed E-state index contributed by atoms with van der Waals surface area (Å²) in [7, 11) is 0. The van der Waals surface area contributed by atoms with Crippen molar-refractivity contribution >= 4 is 11.9 Å². The van der Waals surface area contributed by atoms with E-state index in [4.69, 9.17) is 14.2 Å². The molecule has 0 bridgehead atoms. The first-order valence-electron chi connectivity index (χ1n) is 31.1. The Morgan fingerprint density at radius 2 is 0.907 bits per heavy atom. The SMILES string of the molecule is CCCCC/C=C/CC/C=C/CC/C=C/C(O)C(COC1OC(CO)C(O)C(O)C1O)NC(=O)CCCCCCCCC/C=C\C/C=C\CCCCCCCCCCCOC(=O)CCCCCCCCCCCCC. The number of nitrogens with one attached hydrogen (secondary N) is 1. The molecule has 1 heterocycles. The molecule has 75 heavy (non-hydrogen) atoms. The fraction of sp³-hybridized carbons (Fsp3) is 0.812. The van der Waals surface area contributed by atoms with Gasteiger partial charge in [-0.05, 0) is 89.9 Å². The molecule has 0 aromatic heterocycles. The predicted octanol–water partition coefficient (Wildman–Crippen LogP) is 14.6. The minimum atomic E-state index is -1.58. The first-order chi connectivity index (χ1) is 36.7. The fourth-order valence-corrected chi connectivity index (χ4v) is 9.38. The molecular weight excluding hydrogens is 943 g/mol. The van der Waals surface area contributed by atoms with Gasteiger partial charge >= 0.3 is 5.97 Å². The third-order valence-corrected chi connectivity index (χ3v) is 14.3. The highest BCUT2D eigenvalue weighted by Gasteiger charge is 2.44. The van der Waals surface area contributed by atoms with Crippen molar-refractivity contribution in [2.75, 3.05) is 19.8 Å². The van der Waals surface area contributed by atoms with Gasteiger partial charge in [0.1, 0.15) is 24.4 Å². The number of esters is 1.